The Morgan fingerprint density at radius 3 is 2.27 bits per heavy atom. The summed E-state index contributed by atoms with van der Waals surface area (Å²) in [5, 5.41) is 10.1. The quantitative estimate of drug-likeness (QED) is 0.646. The molecule has 3 heterocycles. The van der Waals surface area contributed by atoms with Crippen molar-refractivity contribution in [2.45, 2.75) is 6.18 Å². The number of rotatable bonds is 6. The number of hydrogen-bond donors (Lipinski definition) is 2. The predicted octanol–water partition coefficient (Wildman–Crippen LogP) is 1.24. The number of nitrogens with one attached hydrogen (secondary N) is 1. The van der Waals surface area contributed by atoms with E-state index in [1.807, 2.05) is 42.9 Å². The second-order valence-corrected chi connectivity index (χ2v) is 7.46. The average Bonchev–Trinajstić information content (AvgIpc) is 3.15. The highest BCUT2D eigenvalue weighted by Gasteiger charge is 2.38. The van der Waals surface area contributed by atoms with Gasteiger partial charge in [0.1, 0.15) is 5.69 Å². The predicted molar refractivity (Wildman–Crippen MR) is 114 cm³/mol. The van der Waals surface area contributed by atoms with E-state index in [1.54, 1.807) is 12.4 Å². The molecule has 10 nitrogen and oxygen atoms in total. The number of halogens is 3. The van der Waals surface area contributed by atoms with Crippen LogP contribution in [0.2, 0.25) is 0 Å². The number of likely N-dealkylation sites (N-methyl/N-ethyl adjacent to an activating group) is 1. The number of anilines is 1. The third-order valence-electron chi connectivity index (χ3n) is 4.59. The summed E-state index contributed by atoms with van der Waals surface area (Å²) < 4.78 is 38.9. The molecular weight excluding hydrogens is 445 g/mol. The van der Waals surface area contributed by atoms with Gasteiger partial charge in [-0.15, -0.1) is 0 Å². The summed E-state index contributed by atoms with van der Waals surface area (Å²) in [6.07, 6.45) is 0.454. The molecule has 182 valence electrons. The normalized spacial score (nSPS) is 14.0. The van der Waals surface area contributed by atoms with Crippen LogP contribution in [0.15, 0.2) is 24.7 Å². The van der Waals surface area contributed by atoms with Crippen LogP contribution in [0.1, 0.15) is 10.5 Å². The zero-order valence-electron chi connectivity index (χ0n) is 18.6. The number of aliphatic carboxylic acids is 1. The first-order chi connectivity index (χ1) is 15.5. The van der Waals surface area contributed by atoms with E-state index in [9.17, 15) is 18.0 Å². The highest BCUT2D eigenvalue weighted by molar-refractivity contribution is 5.94. The summed E-state index contributed by atoms with van der Waals surface area (Å²) in [5.41, 5.74) is 2.44. The van der Waals surface area contributed by atoms with Gasteiger partial charge in [-0.2, -0.15) is 13.2 Å². The van der Waals surface area contributed by atoms with Gasteiger partial charge in [0.05, 0.1) is 13.2 Å². The molecule has 0 radical (unpaired) electrons. The number of aromatic nitrogens is 3. The van der Waals surface area contributed by atoms with Crippen molar-refractivity contribution in [1.82, 2.24) is 24.8 Å². The number of carbonyl (C=O) groups is 2. The first-order valence-electron chi connectivity index (χ1n) is 10.0. The van der Waals surface area contributed by atoms with E-state index >= 15 is 0 Å². The number of carboxylic acids is 1. The van der Waals surface area contributed by atoms with Gasteiger partial charge in [0.25, 0.3) is 5.91 Å². The second-order valence-electron chi connectivity index (χ2n) is 7.46. The molecule has 0 bridgehead atoms. The van der Waals surface area contributed by atoms with Crippen LogP contribution in [0.3, 0.4) is 0 Å². The van der Waals surface area contributed by atoms with Gasteiger partial charge < -0.3 is 29.5 Å². The van der Waals surface area contributed by atoms with E-state index in [1.165, 1.54) is 0 Å². The number of alkyl halides is 3. The molecule has 13 heteroatoms. The summed E-state index contributed by atoms with van der Waals surface area (Å²) in [5.74, 6) is -2.12. The molecule has 2 aromatic heterocycles. The maximum absolute atomic E-state index is 12.4. The minimum absolute atomic E-state index is 0.0774. The molecule has 0 aliphatic carbocycles. The zero-order valence-corrected chi connectivity index (χ0v) is 18.6. The largest absolute Gasteiger partial charge is 0.490 e. The molecule has 0 saturated carbocycles. The Morgan fingerprint density at radius 2 is 1.76 bits per heavy atom. The molecule has 0 aromatic carbocycles. The van der Waals surface area contributed by atoms with E-state index in [0.717, 1.165) is 36.7 Å². The lowest BCUT2D eigenvalue weighted by Gasteiger charge is -2.26. The maximum atomic E-state index is 12.4. The van der Waals surface area contributed by atoms with Crippen molar-refractivity contribution in [2.24, 2.45) is 7.05 Å². The second kappa shape index (κ2) is 11.6. The van der Waals surface area contributed by atoms with Crippen LogP contribution in [0.25, 0.3) is 11.1 Å². The number of amides is 1. The van der Waals surface area contributed by atoms with E-state index < -0.39 is 12.1 Å². The summed E-state index contributed by atoms with van der Waals surface area (Å²) in [6, 6.07) is 1.87. The van der Waals surface area contributed by atoms with E-state index in [4.69, 9.17) is 14.6 Å². The molecule has 1 amide bonds. The summed E-state index contributed by atoms with van der Waals surface area (Å²) in [7, 11) is 5.83. The third-order valence-corrected chi connectivity index (χ3v) is 4.59. The SMILES string of the molecule is CN(C)CCNC(=O)c1cc(-c2cnc(N3CCOCC3)nc2)cn1C.O=C(O)C(F)(F)F. The average molecular weight is 472 g/mol. The number of nitrogens with zero attached hydrogens (tertiary/aromatic N) is 5. The van der Waals surface area contributed by atoms with Gasteiger partial charge in [0.2, 0.25) is 5.95 Å². The first kappa shape index (κ1) is 26.1. The fourth-order valence-corrected chi connectivity index (χ4v) is 2.83. The van der Waals surface area contributed by atoms with Crippen LogP contribution >= 0.6 is 0 Å². The lowest BCUT2D eigenvalue weighted by molar-refractivity contribution is -0.192. The smallest absolute Gasteiger partial charge is 0.475 e. The fraction of sp³-hybridized carbons (Fsp3) is 0.500. The molecule has 33 heavy (non-hydrogen) atoms. The van der Waals surface area contributed by atoms with Crippen LogP contribution in [0.4, 0.5) is 19.1 Å². The first-order valence-corrected chi connectivity index (χ1v) is 10.0. The van der Waals surface area contributed by atoms with Crippen LogP contribution in [0, 0.1) is 0 Å². The Balaban J connectivity index is 0.000000479. The Hall–Kier alpha value is -3.19. The van der Waals surface area contributed by atoms with Crippen molar-refractivity contribution < 1.29 is 32.6 Å². The Labute approximate surface area is 189 Å². The fourth-order valence-electron chi connectivity index (χ4n) is 2.83. The molecule has 1 aliphatic rings. The minimum Gasteiger partial charge on any atom is -0.475 e. The summed E-state index contributed by atoms with van der Waals surface area (Å²) >= 11 is 0. The lowest BCUT2D eigenvalue weighted by atomic mass is 10.2. The van der Waals surface area contributed by atoms with E-state index in [2.05, 4.69) is 20.2 Å². The minimum atomic E-state index is -5.08. The van der Waals surface area contributed by atoms with Crippen molar-refractivity contribution in [3.8, 4) is 11.1 Å². The van der Waals surface area contributed by atoms with Gasteiger partial charge in [-0.1, -0.05) is 0 Å². The topological polar surface area (TPSA) is 113 Å². The highest BCUT2D eigenvalue weighted by atomic mass is 19.4. The highest BCUT2D eigenvalue weighted by Crippen LogP contribution is 2.22. The molecule has 0 unspecified atom stereocenters. The van der Waals surface area contributed by atoms with Crippen molar-refractivity contribution in [1.29, 1.82) is 0 Å². The van der Waals surface area contributed by atoms with Crippen molar-refractivity contribution in [3.63, 3.8) is 0 Å². The molecular formula is C20H27F3N6O4. The molecule has 2 N–H and O–H groups in total. The molecule has 0 atom stereocenters. The van der Waals surface area contributed by atoms with Gasteiger partial charge in [-0.25, -0.2) is 14.8 Å². The van der Waals surface area contributed by atoms with Crippen LogP contribution in [0.5, 0.6) is 0 Å². The van der Waals surface area contributed by atoms with Gasteiger partial charge >= 0.3 is 12.1 Å². The number of carboxylic acid groups (broad SMARTS) is 1. The Kier molecular flexibility index (Phi) is 9.17. The van der Waals surface area contributed by atoms with E-state index in [-0.39, 0.29) is 5.91 Å². The molecule has 1 fully saturated rings. The van der Waals surface area contributed by atoms with E-state index in [0.29, 0.717) is 25.5 Å². The third kappa shape index (κ3) is 8.02. The van der Waals surface area contributed by atoms with Crippen molar-refractivity contribution in [2.75, 3.05) is 58.4 Å². The summed E-state index contributed by atoms with van der Waals surface area (Å²) in [6.45, 7) is 4.44. The van der Waals surface area contributed by atoms with Gasteiger partial charge in [-0.05, 0) is 20.2 Å². The van der Waals surface area contributed by atoms with Gasteiger partial charge in [0, 0.05) is 62.9 Å². The molecule has 2 aromatic rings. The Morgan fingerprint density at radius 1 is 1.18 bits per heavy atom. The number of hydrogen-bond acceptors (Lipinski definition) is 7. The lowest BCUT2D eigenvalue weighted by Crippen LogP contribution is -2.37. The van der Waals surface area contributed by atoms with Gasteiger partial charge in [-0.3, -0.25) is 4.79 Å². The zero-order chi connectivity index (χ0) is 24.6. The molecule has 0 spiro atoms. The van der Waals surface area contributed by atoms with Crippen molar-refractivity contribution in [3.05, 3.63) is 30.4 Å². The molecule has 1 saturated heterocycles. The molecule has 3 rings (SSSR count). The monoisotopic (exact) mass is 472 g/mol. The van der Waals surface area contributed by atoms with Gasteiger partial charge in [0.15, 0.2) is 0 Å². The molecule has 1 aliphatic heterocycles. The van der Waals surface area contributed by atoms with Crippen molar-refractivity contribution >= 4 is 17.8 Å². The number of aryl methyl sites for hydroxylation is 1. The number of carbonyl (C=O) groups excluding carboxylic acids is 1. The van der Waals surface area contributed by atoms with Crippen LogP contribution in [-0.4, -0.2) is 96.1 Å². The standard InChI is InChI=1S/C18H26N6O2.C2HF3O2/c1-22(2)5-4-19-17(25)16-10-14(13-23(16)3)15-11-20-18(21-12-15)24-6-8-26-9-7-24;3-2(4,5)1(6)7/h10-13H,4-9H2,1-3H3,(H,19,25);(H,6,7). The maximum Gasteiger partial charge on any atom is 0.490 e. The van der Waals surface area contributed by atoms with Crippen LogP contribution in [-0.2, 0) is 16.6 Å². The van der Waals surface area contributed by atoms with Crippen LogP contribution < -0.4 is 10.2 Å². The Bertz CT molecular complexity index is 925. The summed E-state index contributed by atoms with van der Waals surface area (Å²) in [4.78, 5) is 34.3. The number of morpholine rings is 1. The number of ether oxygens (including phenoxy) is 1.